The molecular weight excluding hydrogens is 372 g/mol. The van der Waals surface area contributed by atoms with Crippen LogP contribution in [-0.2, 0) is 0 Å². The maximum absolute atomic E-state index is 2.66. The Bertz CT molecular complexity index is 473. The van der Waals surface area contributed by atoms with Crippen molar-refractivity contribution in [3.05, 3.63) is 30.3 Å². The molecule has 0 saturated heterocycles. The number of benzene rings is 1. The molecule has 1 rings (SSSR count). The summed E-state index contributed by atoms with van der Waals surface area (Å²) < 4.78 is 5.05. The van der Waals surface area contributed by atoms with Crippen LogP contribution in [0, 0.1) is 0 Å². The van der Waals surface area contributed by atoms with Crippen LogP contribution in [0.25, 0.3) is 0 Å². The molecule has 0 aliphatic rings. The molecule has 0 N–H and O–H groups in total. The van der Waals surface area contributed by atoms with Gasteiger partial charge in [0.2, 0.25) is 0 Å². The van der Waals surface area contributed by atoms with E-state index in [0.29, 0.717) is 2.84 Å². The molecule has 0 saturated carbocycles. The van der Waals surface area contributed by atoms with Gasteiger partial charge in [0.05, 0.1) is 0 Å². The van der Waals surface area contributed by atoms with Gasteiger partial charge < -0.3 is 0 Å². The van der Waals surface area contributed by atoms with Crippen LogP contribution in [0.3, 0.4) is 0 Å². The third-order valence-electron chi connectivity index (χ3n) is 5.63. The van der Waals surface area contributed by atoms with Gasteiger partial charge in [0.25, 0.3) is 0 Å². The zero-order chi connectivity index (χ0) is 17.4. The van der Waals surface area contributed by atoms with Crippen LogP contribution in [0.5, 0.6) is 0 Å². The monoisotopic (exact) mass is 406 g/mol. The molecule has 0 fully saturated rings. The molecule has 0 aliphatic carbocycles. The molecule has 0 bridgehead atoms. The Morgan fingerprint density at radius 1 is 0.773 bits per heavy atom. The Kier molecular flexibility index (Phi) is 6.30. The van der Waals surface area contributed by atoms with Gasteiger partial charge >= 0.3 is 150 Å². The predicted octanol–water partition coefficient (Wildman–Crippen LogP) is 4.24. The fourth-order valence-electron chi connectivity index (χ4n) is 4.72. The fourth-order valence-corrected chi connectivity index (χ4v) is 45.5. The second-order valence-corrected chi connectivity index (χ2v) is 33.7. The molecule has 1 aromatic rings. The van der Waals surface area contributed by atoms with Crippen LogP contribution in [0.1, 0.15) is 0 Å². The van der Waals surface area contributed by atoms with Gasteiger partial charge in [-0.05, 0) is 0 Å². The Hall–Kier alpha value is 0.467. The molecule has 123 valence electrons. The summed E-state index contributed by atoms with van der Waals surface area (Å²) in [6.45, 7) is 21.3. The van der Waals surface area contributed by atoms with Crippen molar-refractivity contribution in [2.24, 2.45) is 0 Å². The third kappa shape index (κ3) is 3.59. The van der Waals surface area contributed by atoms with Crippen molar-refractivity contribution in [2.75, 3.05) is 14.1 Å². The second-order valence-electron chi connectivity index (χ2n) is 9.32. The summed E-state index contributed by atoms with van der Waals surface area (Å²) in [6, 6.07) is 11.5. The topological polar surface area (TPSA) is 3.24 Å². The van der Waals surface area contributed by atoms with Crippen molar-refractivity contribution in [3.8, 4) is 0 Å². The Balaban J connectivity index is 3.61. The summed E-state index contributed by atoms with van der Waals surface area (Å²) in [7, 11) is 0.609. The third-order valence-corrected chi connectivity index (χ3v) is 47.2. The van der Waals surface area contributed by atoms with E-state index in [9.17, 15) is 0 Å². The minimum atomic E-state index is -1.49. The van der Waals surface area contributed by atoms with E-state index in [0.717, 1.165) is 0 Å². The number of nitrogens with zero attached hydrogens (tertiary/aromatic N) is 1. The van der Waals surface area contributed by atoms with Crippen LogP contribution < -0.4 is 4.12 Å². The maximum atomic E-state index is 2.66. The Morgan fingerprint density at radius 2 is 1.18 bits per heavy atom. The van der Waals surface area contributed by atoms with Crippen LogP contribution in [0.4, 0.5) is 0 Å². The molecule has 0 spiro atoms. The zero-order valence-corrected chi connectivity index (χ0v) is 21.8. The van der Waals surface area contributed by atoms with E-state index in [4.69, 9.17) is 0 Å². The molecule has 1 radical (unpaired) electrons. The summed E-state index contributed by atoms with van der Waals surface area (Å²) in [5.41, 5.74) is 0. The van der Waals surface area contributed by atoms with Crippen LogP contribution >= 0.6 is 0 Å². The van der Waals surface area contributed by atoms with Gasteiger partial charge in [-0.15, -0.1) is 0 Å². The number of hydrogen-bond donors (Lipinski definition) is 0. The van der Waals surface area contributed by atoms with Crippen molar-refractivity contribution >= 4 is 45.9 Å². The van der Waals surface area contributed by atoms with Crippen molar-refractivity contribution in [3.63, 3.8) is 0 Å². The first-order valence-corrected chi connectivity index (χ1v) is 20.7. The van der Waals surface area contributed by atoms with Crippen molar-refractivity contribution in [2.45, 2.75) is 55.2 Å². The normalized spacial score (nSPS) is 14.3. The first kappa shape index (κ1) is 20.5. The Morgan fingerprint density at radius 3 is 1.50 bits per heavy atom. The van der Waals surface area contributed by atoms with Gasteiger partial charge in [-0.3, -0.25) is 0 Å². The van der Waals surface area contributed by atoms with Gasteiger partial charge in [0.15, 0.2) is 0 Å². The predicted molar refractivity (Wildman–Crippen MR) is 112 cm³/mol. The van der Waals surface area contributed by atoms with Gasteiger partial charge in [-0.25, -0.2) is 0 Å². The van der Waals surface area contributed by atoms with E-state index < -0.39 is 41.8 Å². The zero-order valence-electron chi connectivity index (χ0n) is 16.4. The fraction of sp³-hybridized carbons (Fsp3) is 0.647. The molecule has 1 aromatic carbocycles. The minimum absolute atomic E-state index is 0.515. The molecule has 22 heavy (non-hydrogen) atoms. The summed E-state index contributed by atoms with van der Waals surface area (Å²) in [5.74, 6) is 0. The average molecular weight is 407 g/mol. The molecule has 5 heteroatoms. The molecule has 1 nitrogen and oxygen atoms in total. The standard InChI is InChI=1S/C11H30NSi3.C6H5.Ga/c1-12(2)15(9,10)11(13(3,4)5)14(6,7)8;1-2-4-6-5-3-1;/h1-10H3;1-5H;. The van der Waals surface area contributed by atoms with E-state index in [1.165, 1.54) is 0 Å². The van der Waals surface area contributed by atoms with E-state index >= 15 is 0 Å². The average Bonchev–Trinajstić information content (AvgIpc) is 2.33. The molecule has 0 amide bonds. The first-order valence-electron chi connectivity index (χ1n) is 8.36. The summed E-state index contributed by atoms with van der Waals surface area (Å²) >= 11 is -0.515. The van der Waals surface area contributed by atoms with Crippen molar-refractivity contribution < 1.29 is 0 Å². The van der Waals surface area contributed by atoms with Crippen LogP contribution in [-0.4, -0.2) is 60.5 Å². The van der Waals surface area contributed by atoms with Gasteiger partial charge in [0, 0.05) is 0 Å². The molecule has 0 unspecified atom stereocenters. The van der Waals surface area contributed by atoms with E-state index in [1.54, 1.807) is 4.12 Å². The van der Waals surface area contributed by atoms with Gasteiger partial charge in [-0.2, -0.15) is 0 Å². The first-order chi connectivity index (χ1) is 9.77. The van der Waals surface area contributed by atoms with Crippen LogP contribution in [0.2, 0.25) is 55.2 Å². The number of rotatable bonds is 6. The molecular formula is C17H35GaNSi3. The number of hydrogen-bond acceptors (Lipinski definition) is 1. The second kappa shape index (κ2) is 6.76. The van der Waals surface area contributed by atoms with Crippen molar-refractivity contribution in [1.82, 2.24) is 4.57 Å². The molecule has 0 aromatic heterocycles. The summed E-state index contributed by atoms with van der Waals surface area (Å²) in [5, 5.41) is 0. The van der Waals surface area contributed by atoms with Gasteiger partial charge in [0.1, 0.15) is 0 Å². The van der Waals surface area contributed by atoms with E-state index in [1.807, 2.05) is 0 Å². The van der Waals surface area contributed by atoms with Crippen LogP contribution in [0.15, 0.2) is 30.3 Å². The van der Waals surface area contributed by atoms with Gasteiger partial charge in [-0.1, -0.05) is 0 Å². The van der Waals surface area contributed by atoms with Crippen molar-refractivity contribution in [1.29, 1.82) is 0 Å². The Labute approximate surface area is 149 Å². The molecule has 0 aliphatic heterocycles. The molecule has 0 heterocycles. The quantitative estimate of drug-likeness (QED) is 0.638. The van der Waals surface area contributed by atoms with E-state index in [2.05, 4.69) is 101 Å². The van der Waals surface area contributed by atoms with E-state index in [-0.39, 0.29) is 0 Å². The SMILES string of the molecule is CN(C)[Si](C)(C)[C]([Ga][c]1ccccc1)([Si](C)(C)C)[Si](C)(C)C. The summed E-state index contributed by atoms with van der Waals surface area (Å²) in [6.07, 6.45) is 0. The summed E-state index contributed by atoms with van der Waals surface area (Å²) in [4.78, 5) is 0. The molecule has 0 atom stereocenters.